The van der Waals surface area contributed by atoms with Crippen molar-refractivity contribution in [3.05, 3.63) is 71.7 Å². The van der Waals surface area contributed by atoms with Gasteiger partial charge in [0.05, 0.1) is 30.0 Å². The van der Waals surface area contributed by atoms with Crippen LogP contribution in [0.2, 0.25) is 0 Å². The second-order valence-electron chi connectivity index (χ2n) is 10.1. The van der Waals surface area contributed by atoms with Crippen molar-refractivity contribution in [2.24, 2.45) is 0 Å². The number of hydrogen-bond donors (Lipinski definition) is 0. The average molecular weight is 763 g/mol. The van der Waals surface area contributed by atoms with Crippen molar-refractivity contribution in [2.45, 2.75) is 55.4 Å². The van der Waals surface area contributed by atoms with E-state index < -0.39 is 107 Å². The molecule has 256 valence electrons. The number of benzene rings is 1. The molecule has 0 radical (unpaired) electrons. The molecule has 1 aliphatic heterocycles. The van der Waals surface area contributed by atoms with E-state index in [0.29, 0.717) is 22.8 Å². The molecule has 0 aliphatic carbocycles. The van der Waals surface area contributed by atoms with E-state index in [2.05, 4.69) is 19.5 Å². The van der Waals surface area contributed by atoms with Crippen molar-refractivity contribution in [3.63, 3.8) is 0 Å². The Bertz CT molecular complexity index is 1790. The van der Waals surface area contributed by atoms with Crippen molar-refractivity contribution in [1.82, 2.24) is 24.2 Å². The summed E-state index contributed by atoms with van der Waals surface area (Å²) < 4.78 is 152. The summed E-state index contributed by atoms with van der Waals surface area (Å²) in [5, 5.41) is 0. The van der Waals surface area contributed by atoms with Crippen LogP contribution < -0.4 is 68.9 Å². The number of rotatable bonds is 9. The molecule has 1 amide bonds. The number of phosphoric ester groups is 1. The van der Waals surface area contributed by atoms with E-state index in [9.17, 15) is 62.7 Å². The first kappa shape index (κ1) is 43.5. The van der Waals surface area contributed by atoms with Crippen LogP contribution in [0.4, 0.5) is 35.1 Å². The Morgan fingerprint density at radius 2 is 1.59 bits per heavy atom. The number of halogens is 8. The van der Waals surface area contributed by atoms with Crippen LogP contribution in [-0.4, -0.2) is 63.5 Å². The second kappa shape index (κ2) is 16.4. The van der Waals surface area contributed by atoms with Gasteiger partial charge in [-0.2, -0.15) is 30.6 Å². The Hall–Kier alpha value is -1.62. The number of alkyl halides is 7. The van der Waals surface area contributed by atoms with Gasteiger partial charge < -0.3 is 23.8 Å². The Labute approximate surface area is 317 Å². The van der Waals surface area contributed by atoms with Crippen LogP contribution in [0, 0.1) is 5.82 Å². The van der Waals surface area contributed by atoms with Gasteiger partial charge in [-0.15, -0.1) is 0 Å². The fourth-order valence-electron chi connectivity index (χ4n) is 4.67. The van der Waals surface area contributed by atoms with Crippen LogP contribution in [-0.2, 0) is 42.8 Å². The van der Waals surface area contributed by atoms with E-state index in [1.807, 2.05) is 0 Å². The first-order valence-electron chi connectivity index (χ1n) is 12.9. The third-order valence-electron chi connectivity index (χ3n) is 6.90. The summed E-state index contributed by atoms with van der Waals surface area (Å²) >= 11 is 0. The second-order valence-corrected chi connectivity index (χ2v) is 13.1. The molecule has 12 nitrogen and oxygen atoms in total. The molecule has 1 aliphatic rings. The molecule has 24 heteroatoms. The Kier molecular flexibility index (Phi) is 14.5. The Balaban J connectivity index is 0.00000417. The molecule has 2 aromatic heterocycles. The predicted octanol–water partition coefficient (Wildman–Crippen LogP) is -2.96. The van der Waals surface area contributed by atoms with E-state index >= 15 is 0 Å². The molecule has 1 aromatic carbocycles. The molecule has 0 spiro atoms. The first-order valence-corrected chi connectivity index (χ1v) is 15.8. The number of amides is 1. The van der Waals surface area contributed by atoms with Gasteiger partial charge >= 0.3 is 71.5 Å². The van der Waals surface area contributed by atoms with Crippen LogP contribution in [0.1, 0.15) is 30.3 Å². The predicted molar refractivity (Wildman–Crippen MR) is 138 cm³/mol. The third-order valence-corrected chi connectivity index (χ3v) is 9.34. The zero-order valence-electron chi connectivity index (χ0n) is 25.4. The average Bonchev–Trinajstić information content (AvgIpc) is 3.28. The van der Waals surface area contributed by atoms with Gasteiger partial charge in [0.15, 0.2) is 0 Å². The normalized spacial score (nSPS) is 18.8. The summed E-state index contributed by atoms with van der Waals surface area (Å²) in [6.07, 6.45) is -11.6. The molecule has 0 N–H and O–H groups in total. The van der Waals surface area contributed by atoms with Gasteiger partial charge in [-0.1, -0.05) is 0 Å². The largest absolute Gasteiger partial charge is 1.00 e. The third kappa shape index (κ3) is 10.5. The van der Waals surface area contributed by atoms with E-state index in [1.165, 1.54) is 0 Å². The molecule has 49 heavy (non-hydrogen) atoms. The molecule has 3 aromatic rings. The van der Waals surface area contributed by atoms with E-state index in [0.717, 1.165) is 31.2 Å². The molecule has 4 rings (SSSR count). The van der Waals surface area contributed by atoms with E-state index in [1.54, 1.807) is 0 Å². The van der Waals surface area contributed by atoms with Crippen LogP contribution in [0.15, 0.2) is 53.8 Å². The van der Waals surface area contributed by atoms with Crippen molar-refractivity contribution >= 4 is 23.8 Å². The van der Waals surface area contributed by atoms with Gasteiger partial charge in [0.25, 0.3) is 0 Å². The molecule has 0 bridgehead atoms. The van der Waals surface area contributed by atoms with Crippen LogP contribution in [0.25, 0.3) is 11.3 Å². The van der Waals surface area contributed by atoms with Gasteiger partial charge in [-0.25, -0.2) is 27.2 Å². The van der Waals surface area contributed by atoms with Crippen molar-refractivity contribution in [3.8, 4) is 11.3 Å². The van der Waals surface area contributed by atoms with Gasteiger partial charge in [-0.05, 0) is 42.8 Å². The molecule has 0 unspecified atom stereocenters. The maximum absolute atomic E-state index is 15.0. The summed E-state index contributed by atoms with van der Waals surface area (Å²) in [5.41, 5.74) is -3.15. The van der Waals surface area contributed by atoms with Crippen LogP contribution in [0.5, 0.6) is 0 Å². The molecular weight excluding hydrogens is 743 g/mol. The maximum Gasteiger partial charge on any atom is 1.00 e. The van der Waals surface area contributed by atoms with Crippen molar-refractivity contribution in [2.75, 3.05) is 6.73 Å². The fourth-order valence-corrected chi connectivity index (χ4v) is 6.76. The maximum atomic E-state index is 15.0. The molecule has 1 saturated heterocycles. The Morgan fingerprint density at radius 3 is 2.10 bits per heavy atom. The number of hydrogen-bond acceptors (Lipinski definition) is 10. The minimum absolute atomic E-state index is 0. The standard InChI is InChI=1S/C25H22F8N5O7PS.2Na/c1-13-19(27)7-21(38(13)47(43,44)17-4-2-16(26)3-5-17)22(39)37(12-45-46(40,41)42)11-14-6-20(34-10-18(14)24(28,29)30)15-8-35-23(36-9-15)25(31,32)33;;/h2-6,8-10,13,19,21H,7,11-12H2,1H3,(H2,40,41,42);;/q;2*+1/p-2/t13-,19+,21-;;/m0../s1. The summed E-state index contributed by atoms with van der Waals surface area (Å²) in [6.45, 7) is -1.73. The zero-order chi connectivity index (χ0) is 35.1. The topological polar surface area (TPSA) is 169 Å². The number of aromatic nitrogens is 3. The minimum Gasteiger partial charge on any atom is -0.790 e. The monoisotopic (exact) mass is 763 g/mol. The number of carbonyl (C=O) groups excluding carboxylic acids is 1. The van der Waals surface area contributed by atoms with Crippen LogP contribution >= 0.6 is 7.82 Å². The van der Waals surface area contributed by atoms with E-state index in [-0.39, 0.29) is 75.8 Å². The fraction of sp³-hybridized carbons (Fsp3) is 0.360. The smallest absolute Gasteiger partial charge is 0.790 e. The first-order chi connectivity index (χ1) is 21.6. The molecule has 0 saturated carbocycles. The van der Waals surface area contributed by atoms with E-state index in [4.69, 9.17) is 0 Å². The van der Waals surface area contributed by atoms with Gasteiger partial charge in [-0.3, -0.25) is 9.78 Å². The molecular formula is C25H20F8N5Na2O7PS. The van der Waals surface area contributed by atoms with Crippen LogP contribution in [0.3, 0.4) is 0 Å². The van der Waals surface area contributed by atoms with Crippen molar-refractivity contribution in [1.29, 1.82) is 0 Å². The Morgan fingerprint density at radius 1 is 1.02 bits per heavy atom. The summed E-state index contributed by atoms with van der Waals surface area (Å²) in [6, 6.07) is 0.244. The summed E-state index contributed by atoms with van der Waals surface area (Å²) in [4.78, 5) is 45.7. The van der Waals surface area contributed by atoms with Gasteiger partial charge in [0.2, 0.25) is 21.8 Å². The molecule has 1 fully saturated rings. The number of sulfonamides is 1. The number of carbonyl (C=O) groups is 1. The summed E-state index contributed by atoms with van der Waals surface area (Å²) in [7, 11) is -10.7. The zero-order valence-corrected chi connectivity index (χ0v) is 31.2. The SMILES string of the molecule is C[C@H]1[C@H](F)C[C@@H](C(=O)N(COP(=O)([O-])[O-])Cc2cc(-c3cnc(C(F)(F)F)nc3)ncc2C(F)(F)F)N1S(=O)(=O)c1ccc(F)cc1.[Na+].[Na+]. The summed E-state index contributed by atoms with van der Waals surface area (Å²) in [5.74, 6) is -3.89. The minimum atomic E-state index is -5.92. The number of pyridine rings is 1. The number of nitrogens with zero attached hydrogens (tertiary/aromatic N) is 5. The van der Waals surface area contributed by atoms with Gasteiger partial charge in [0.1, 0.15) is 24.8 Å². The molecule has 3 atom stereocenters. The number of phosphoric acid groups is 1. The van der Waals surface area contributed by atoms with Gasteiger partial charge in [0, 0.05) is 37.1 Å². The molecule has 3 heterocycles. The quantitative estimate of drug-likeness (QED) is 0.0952. The van der Waals surface area contributed by atoms with Crippen molar-refractivity contribution < 1.29 is 126 Å².